The summed E-state index contributed by atoms with van der Waals surface area (Å²) in [6.45, 7) is 2.07. The molecule has 1 atom stereocenters. The van der Waals surface area contributed by atoms with E-state index in [-0.39, 0.29) is 18.4 Å². The lowest BCUT2D eigenvalue weighted by Crippen LogP contribution is -2.47. The van der Waals surface area contributed by atoms with Crippen LogP contribution in [0.25, 0.3) is 0 Å². The Morgan fingerprint density at radius 2 is 2.00 bits per heavy atom. The molecular weight excluding hydrogens is 234 g/mol. The van der Waals surface area contributed by atoms with Gasteiger partial charge >= 0.3 is 0 Å². The van der Waals surface area contributed by atoms with Crippen molar-refractivity contribution in [3.63, 3.8) is 0 Å². The average molecular weight is 257 g/mol. The molecule has 1 aliphatic heterocycles. The van der Waals surface area contributed by atoms with Gasteiger partial charge in [0.1, 0.15) is 0 Å². The van der Waals surface area contributed by atoms with Crippen LogP contribution in [0.4, 0.5) is 0 Å². The van der Waals surface area contributed by atoms with E-state index in [1.54, 1.807) is 12.0 Å². The second kappa shape index (κ2) is 8.05. The van der Waals surface area contributed by atoms with Gasteiger partial charge in [-0.15, -0.1) is 0 Å². The normalized spacial score (nSPS) is 17.3. The third-order valence-electron chi connectivity index (χ3n) is 3.09. The molecule has 6 heteroatoms. The highest BCUT2D eigenvalue weighted by Crippen LogP contribution is 2.08. The van der Waals surface area contributed by atoms with Crippen molar-refractivity contribution >= 4 is 11.8 Å². The van der Waals surface area contributed by atoms with Gasteiger partial charge in [-0.1, -0.05) is 0 Å². The first kappa shape index (κ1) is 14.9. The molecule has 3 N–H and O–H groups in total. The lowest BCUT2D eigenvalue weighted by atomic mass is 10.1. The quantitative estimate of drug-likeness (QED) is 0.670. The Morgan fingerprint density at radius 1 is 1.33 bits per heavy atom. The standard InChI is InChI=1S/C12H23N3O3/c1-18-8-5-10(13)12(17)14-9-11(16)15-6-3-2-4-7-15/h10H,2-9,13H2,1H3,(H,14,17). The zero-order valence-electron chi connectivity index (χ0n) is 11.0. The van der Waals surface area contributed by atoms with Gasteiger partial charge in [-0.05, 0) is 25.7 Å². The molecule has 0 aromatic heterocycles. The maximum absolute atomic E-state index is 11.8. The Kier molecular flexibility index (Phi) is 6.67. The van der Waals surface area contributed by atoms with Gasteiger partial charge in [-0.2, -0.15) is 0 Å². The van der Waals surface area contributed by atoms with E-state index in [1.165, 1.54) is 6.42 Å². The largest absolute Gasteiger partial charge is 0.385 e. The molecule has 1 heterocycles. The van der Waals surface area contributed by atoms with E-state index >= 15 is 0 Å². The third-order valence-corrected chi connectivity index (χ3v) is 3.09. The smallest absolute Gasteiger partial charge is 0.241 e. The van der Waals surface area contributed by atoms with Crippen LogP contribution in [0.3, 0.4) is 0 Å². The Labute approximate surface area is 108 Å². The van der Waals surface area contributed by atoms with Crippen molar-refractivity contribution in [3.8, 4) is 0 Å². The number of hydrogen-bond donors (Lipinski definition) is 2. The SMILES string of the molecule is COCCC(N)C(=O)NCC(=O)N1CCCCC1. The van der Waals surface area contributed by atoms with Gasteiger partial charge in [0.2, 0.25) is 11.8 Å². The summed E-state index contributed by atoms with van der Waals surface area (Å²) in [6, 6.07) is -0.612. The van der Waals surface area contributed by atoms with Crippen LogP contribution in [0.2, 0.25) is 0 Å². The topological polar surface area (TPSA) is 84.7 Å². The number of carbonyl (C=O) groups excluding carboxylic acids is 2. The summed E-state index contributed by atoms with van der Waals surface area (Å²) in [7, 11) is 1.56. The summed E-state index contributed by atoms with van der Waals surface area (Å²) in [5.41, 5.74) is 5.65. The van der Waals surface area contributed by atoms with Gasteiger partial charge in [0.15, 0.2) is 0 Å². The molecule has 1 aliphatic rings. The van der Waals surface area contributed by atoms with Crippen molar-refractivity contribution in [2.45, 2.75) is 31.7 Å². The Hall–Kier alpha value is -1.14. The fourth-order valence-electron chi connectivity index (χ4n) is 1.92. The predicted octanol–water partition coefficient (Wildman–Crippen LogP) is -0.521. The molecule has 2 amide bonds. The number of nitrogens with one attached hydrogen (secondary N) is 1. The molecule has 0 aromatic rings. The number of carbonyl (C=O) groups is 2. The maximum Gasteiger partial charge on any atom is 0.241 e. The van der Waals surface area contributed by atoms with Gasteiger partial charge < -0.3 is 20.7 Å². The van der Waals surface area contributed by atoms with E-state index in [2.05, 4.69) is 5.32 Å². The van der Waals surface area contributed by atoms with E-state index in [0.717, 1.165) is 25.9 Å². The molecule has 0 aromatic carbocycles. The number of nitrogens with zero attached hydrogens (tertiary/aromatic N) is 1. The number of nitrogens with two attached hydrogens (primary N) is 1. The molecule has 0 bridgehead atoms. The molecule has 6 nitrogen and oxygen atoms in total. The minimum absolute atomic E-state index is 0.0259. The molecular formula is C12H23N3O3. The number of piperidine rings is 1. The van der Waals surface area contributed by atoms with Gasteiger partial charge in [0.05, 0.1) is 12.6 Å². The molecule has 1 fully saturated rings. The first-order valence-corrected chi connectivity index (χ1v) is 6.45. The van der Waals surface area contributed by atoms with Crippen molar-refractivity contribution in [1.82, 2.24) is 10.2 Å². The molecule has 1 unspecified atom stereocenters. The Morgan fingerprint density at radius 3 is 2.61 bits per heavy atom. The van der Waals surface area contributed by atoms with Crippen LogP contribution in [0, 0.1) is 0 Å². The Balaban J connectivity index is 2.22. The van der Waals surface area contributed by atoms with Crippen LogP contribution in [0.1, 0.15) is 25.7 Å². The van der Waals surface area contributed by atoms with Crippen LogP contribution in [0.15, 0.2) is 0 Å². The monoisotopic (exact) mass is 257 g/mol. The summed E-state index contributed by atoms with van der Waals surface area (Å²) in [6.07, 6.45) is 3.73. The third kappa shape index (κ3) is 5.01. The lowest BCUT2D eigenvalue weighted by molar-refractivity contribution is -0.133. The molecule has 1 saturated heterocycles. The van der Waals surface area contributed by atoms with Crippen molar-refractivity contribution in [2.75, 3.05) is 33.4 Å². The molecule has 1 rings (SSSR count). The molecule has 104 valence electrons. The fourth-order valence-corrected chi connectivity index (χ4v) is 1.92. The van der Waals surface area contributed by atoms with E-state index in [9.17, 15) is 9.59 Å². The minimum atomic E-state index is -0.612. The summed E-state index contributed by atoms with van der Waals surface area (Å²) < 4.78 is 4.85. The zero-order chi connectivity index (χ0) is 13.4. The van der Waals surface area contributed by atoms with Crippen LogP contribution >= 0.6 is 0 Å². The highest BCUT2D eigenvalue weighted by atomic mass is 16.5. The second-order valence-corrected chi connectivity index (χ2v) is 4.55. The van der Waals surface area contributed by atoms with Crippen LogP contribution in [-0.4, -0.2) is 56.1 Å². The number of rotatable bonds is 6. The highest BCUT2D eigenvalue weighted by molar-refractivity contribution is 5.87. The number of amides is 2. The first-order chi connectivity index (χ1) is 8.65. The van der Waals surface area contributed by atoms with Crippen molar-refractivity contribution in [3.05, 3.63) is 0 Å². The second-order valence-electron chi connectivity index (χ2n) is 4.55. The highest BCUT2D eigenvalue weighted by Gasteiger charge is 2.18. The molecule has 0 saturated carbocycles. The maximum atomic E-state index is 11.8. The lowest BCUT2D eigenvalue weighted by Gasteiger charge is -2.26. The minimum Gasteiger partial charge on any atom is -0.385 e. The van der Waals surface area contributed by atoms with Crippen LogP contribution < -0.4 is 11.1 Å². The van der Waals surface area contributed by atoms with Gasteiger partial charge in [-0.25, -0.2) is 0 Å². The summed E-state index contributed by atoms with van der Waals surface area (Å²) >= 11 is 0. The fraction of sp³-hybridized carbons (Fsp3) is 0.833. The number of methoxy groups -OCH3 is 1. The van der Waals surface area contributed by atoms with Gasteiger partial charge in [0, 0.05) is 26.8 Å². The Bertz CT molecular complexity index is 278. The molecule has 18 heavy (non-hydrogen) atoms. The van der Waals surface area contributed by atoms with Crippen LogP contribution in [-0.2, 0) is 14.3 Å². The van der Waals surface area contributed by atoms with Gasteiger partial charge in [-0.3, -0.25) is 9.59 Å². The van der Waals surface area contributed by atoms with E-state index in [4.69, 9.17) is 10.5 Å². The summed E-state index contributed by atoms with van der Waals surface area (Å²) in [5.74, 6) is -0.320. The molecule has 0 aliphatic carbocycles. The van der Waals surface area contributed by atoms with E-state index in [1.807, 2.05) is 0 Å². The summed E-state index contributed by atoms with van der Waals surface area (Å²) in [4.78, 5) is 25.2. The van der Waals surface area contributed by atoms with Crippen LogP contribution in [0.5, 0.6) is 0 Å². The van der Waals surface area contributed by atoms with Crippen molar-refractivity contribution < 1.29 is 14.3 Å². The summed E-state index contributed by atoms with van der Waals surface area (Å²) in [5, 5.41) is 2.58. The number of likely N-dealkylation sites (tertiary alicyclic amines) is 1. The van der Waals surface area contributed by atoms with Gasteiger partial charge in [0.25, 0.3) is 0 Å². The number of hydrogen-bond acceptors (Lipinski definition) is 4. The first-order valence-electron chi connectivity index (χ1n) is 6.45. The van der Waals surface area contributed by atoms with Crippen molar-refractivity contribution in [2.24, 2.45) is 5.73 Å². The van der Waals surface area contributed by atoms with E-state index in [0.29, 0.717) is 13.0 Å². The van der Waals surface area contributed by atoms with E-state index < -0.39 is 6.04 Å². The zero-order valence-corrected chi connectivity index (χ0v) is 11.0. The number of ether oxygens (including phenoxy) is 1. The molecule has 0 spiro atoms. The molecule has 0 radical (unpaired) electrons. The van der Waals surface area contributed by atoms with Crippen molar-refractivity contribution in [1.29, 1.82) is 0 Å². The predicted molar refractivity (Wildman–Crippen MR) is 67.9 cm³/mol. The average Bonchev–Trinajstić information content (AvgIpc) is 2.42.